The number of methoxy groups -OCH3 is 1. The third-order valence-electron chi connectivity index (χ3n) is 3.14. The van der Waals surface area contributed by atoms with Crippen molar-refractivity contribution >= 4 is 51.2 Å². The Kier molecular flexibility index (Phi) is 6.99. The summed E-state index contributed by atoms with van der Waals surface area (Å²) < 4.78 is 5.44. The van der Waals surface area contributed by atoms with Gasteiger partial charge in [0, 0.05) is 0 Å². The Bertz CT molecular complexity index is 858. The number of benzene rings is 2. The summed E-state index contributed by atoms with van der Waals surface area (Å²) in [4.78, 5) is 23.6. The van der Waals surface area contributed by atoms with Crippen molar-refractivity contribution in [1.82, 2.24) is 5.43 Å². The lowest BCUT2D eigenvalue weighted by molar-refractivity contribution is -0.126. The molecule has 9 heteroatoms. The SMILES string of the molecule is COc1cc(/C=N/NC(=O)CC(=O)Nc2ccccc2Cl)cc(Br)c1O. The van der Waals surface area contributed by atoms with Crippen molar-refractivity contribution in [2.45, 2.75) is 6.42 Å². The van der Waals surface area contributed by atoms with Gasteiger partial charge in [-0.25, -0.2) is 5.43 Å². The van der Waals surface area contributed by atoms with Crippen LogP contribution < -0.4 is 15.5 Å². The molecule has 7 nitrogen and oxygen atoms in total. The van der Waals surface area contributed by atoms with Crippen molar-refractivity contribution < 1.29 is 19.4 Å². The molecule has 0 fully saturated rings. The second-order valence-electron chi connectivity index (χ2n) is 5.05. The zero-order valence-corrected chi connectivity index (χ0v) is 16.0. The maximum Gasteiger partial charge on any atom is 0.249 e. The molecule has 0 unspecified atom stereocenters. The van der Waals surface area contributed by atoms with E-state index in [1.807, 2.05) is 0 Å². The van der Waals surface area contributed by atoms with Crippen LogP contribution in [0.3, 0.4) is 0 Å². The molecule has 0 spiro atoms. The molecule has 0 aliphatic rings. The van der Waals surface area contributed by atoms with Gasteiger partial charge in [-0.15, -0.1) is 0 Å². The molecule has 0 radical (unpaired) electrons. The van der Waals surface area contributed by atoms with Crippen molar-refractivity contribution in [1.29, 1.82) is 0 Å². The van der Waals surface area contributed by atoms with Crippen molar-refractivity contribution in [2.24, 2.45) is 5.10 Å². The Balaban J connectivity index is 1.90. The normalized spacial score (nSPS) is 10.6. The quantitative estimate of drug-likeness (QED) is 0.364. The van der Waals surface area contributed by atoms with E-state index in [9.17, 15) is 14.7 Å². The average molecular weight is 441 g/mol. The highest BCUT2D eigenvalue weighted by Crippen LogP contribution is 2.34. The van der Waals surface area contributed by atoms with Crippen LogP contribution in [-0.4, -0.2) is 30.2 Å². The fraction of sp³-hybridized carbons (Fsp3) is 0.118. The lowest BCUT2D eigenvalue weighted by Gasteiger charge is -2.07. The van der Waals surface area contributed by atoms with Gasteiger partial charge in [0.25, 0.3) is 0 Å². The Morgan fingerprint density at radius 3 is 2.73 bits per heavy atom. The fourth-order valence-electron chi connectivity index (χ4n) is 1.95. The summed E-state index contributed by atoms with van der Waals surface area (Å²) in [5, 5.41) is 16.4. The van der Waals surface area contributed by atoms with Crippen LogP contribution in [-0.2, 0) is 9.59 Å². The van der Waals surface area contributed by atoms with Crippen molar-refractivity contribution in [3.05, 3.63) is 51.5 Å². The first-order valence-electron chi connectivity index (χ1n) is 7.33. The largest absolute Gasteiger partial charge is 0.503 e. The molecule has 2 aromatic rings. The zero-order valence-electron chi connectivity index (χ0n) is 13.6. The van der Waals surface area contributed by atoms with Crippen molar-refractivity contribution in [3.8, 4) is 11.5 Å². The highest BCUT2D eigenvalue weighted by Gasteiger charge is 2.11. The number of hydrogen-bond acceptors (Lipinski definition) is 5. The topological polar surface area (TPSA) is 100 Å². The molecule has 0 aliphatic heterocycles. The van der Waals surface area contributed by atoms with E-state index >= 15 is 0 Å². The lowest BCUT2D eigenvalue weighted by Crippen LogP contribution is -2.24. The van der Waals surface area contributed by atoms with Crippen LogP contribution in [0.15, 0.2) is 46.0 Å². The molecule has 0 saturated heterocycles. The number of anilines is 1. The van der Waals surface area contributed by atoms with Gasteiger partial charge in [0.15, 0.2) is 11.5 Å². The van der Waals surface area contributed by atoms with E-state index < -0.39 is 18.2 Å². The van der Waals surface area contributed by atoms with Gasteiger partial charge < -0.3 is 15.2 Å². The van der Waals surface area contributed by atoms with Crippen LogP contribution in [0.1, 0.15) is 12.0 Å². The van der Waals surface area contributed by atoms with E-state index in [1.165, 1.54) is 13.3 Å². The van der Waals surface area contributed by atoms with E-state index in [0.29, 0.717) is 20.7 Å². The molecule has 0 aliphatic carbocycles. The molecule has 136 valence electrons. The zero-order chi connectivity index (χ0) is 19.1. The molecule has 2 aromatic carbocycles. The maximum atomic E-state index is 11.8. The van der Waals surface area contributed by atoms with Gasteiger partial charge in [-0.2, -0.15) is 5.10 Å². The van der Waals surface area contributed by atoms with Crippen LogP contribution in [0, 0.1) is 0 Å². The number of phenolic OH excluding ortho intramolecular Hbond substituents is 1. The first kappa shape index (κ1) is 19.7. The molecule has 2 rings (SSSR count). The second kappa shape index (κ2) is 9.21. The molecule has 0 atom stereocenters. The standard InChI is InChI=1S/C17H15BrClN3O4/c1-26-14-7-10(6-11(18)17(14)25)9-20-22-16(24)8-15(23)21-13-5-3-2-4-12(13)19/h2-7,9,25H,8H2,1H3,(H,21,23)(H,22,24)/b20-9+. The number of carbonyl (C=O) groups is 2. The summed E-state index contributed by atoms with van der Waals surface area (Å²) >= 11 is 9.12. The van der Waals surface area contributed by atoms with Crippen molar-refractivity contribution in [2.75, 3.05) is 12.4 Å². The van der Waals surface area contributed by atoms with Crippen LogP contribution >= 0.6 is 27.5 Å². The third-order valence-corrected chi connectivity index (χ3v) is 4.08. The van der Waals surface area contributed by atoms with Crippen molar-refractivity contribution in [3.63, 3.8) is 0 Å². The molecular formula is C17H15BrClN3O4. The first-order valence-corrected chi connectivity index (χ1v) is 8.50. The number of carbonyl (C=O) groups excluding carboxylic acids is 2. The average Bonchev–Trinajstić information content (AvgIpc) is 2.59. The Morgan fingerprint density at radius 2 is 2.04 bits per heavy atom. The number of phenols is 1. The number of nitrogens with one attached hydrogen (secondary N) is 2. The van der Waals surface area contributed by atoms with Gasteiger partial charge in [-0.3, -0.25) is 9.59 Å². The van der Waals surface area contributed by atoms with E-state index in [1.54, 1.807) is 36.4 Å². The van der Waals surface area contributed by atoms with Crippen LogP contribution in [0.2, 0.25) is 5.02 Å². The number of ether oxygens (including phenoxy) is 1. The smallest absolute Gasteiger partial charge is 0.249 e. The van der Waals surface area contributed by atoms with Gasteiger partial charge in [0.2, 0.25) is 11.8 Å². The lowest BCUT2D eigenvalue weighted by atomic mass is 10.2. The van der Waals surface area contributed by atoms with Crippen LogP contribution in [0.4, 0.5) is 5.69 Å². The number of nitrogens with zero attached hydrogens (tertiary/aromatic N) is 1. The number of rotatable bonds is 6. The van der Waals surface area contributed by atoms with Gasteiger partial charge >= 0.3 is 0 Å². The highest BCUT2D eigenvalue weighted by atomic mass is 79.9. The molecule has 3 N–H and O–H groups in total. The summed E-state index contributed by atoms with van der Waals surface area (Å²) in [6.07, 6.45) is 0.946. The van der Waals surface area contributed by atoms with Gasteiger partial charge in [-0.1, -0.05) is 23.7 Å². The Labute approximate surface area is 163 Å². The highest BCUT2D eigenvalue weighted by molar-refractivity contribution is 9.10. The first-order chi connectivity index (χ1) is 12.4. The number of amides is 2. The minimum atomic E-state index is -0.587. The Hall–Kier alpha value is -2.58. The van der Waals surface area contributed by atoms with Crippen LogP contribution in [0.5, 0.6) is 11.5 Å². The molecule has 26 heavy (non-hydrogen) atoms. The Morgan fingerprint density at radius 1 is 1.31 bits per heavy atom. The number of para-hydroxylation sites is 1. The summed E-state index contributed by atoms with van der Waals surface area (Å²) in [5.74, 6) is -0.883. The monoisotopic (exact) mass is 439 g/mol. The maximum absolute atomic E-state index is 11.8. The fourth-order valence-corrected chi connectivity index (χ4v) is 2.59. The summed E-state index contributed by atoms with van der Waals surface area (Å²) in [5.41, 5.74) is 3.26. The second-order valence-corrected chi connectivity index (χ2v) is 6.31. The van der Waals surface area contributed by atoms with E-state index in [0.717, 1.165) is 0 Å². The predicted octanol–water partition coefficient (Wildman–Crippen LogP) is 3.30. The van der Waals surface area contributed by atoms with E-state index in [-0.39, 0.29) is 11.5 Å². The van der Waals surface area contributed by atoms with Gasteiger partial charge in [0.1, 0.15) is 6.42 Å². The number of halogens is 2. The molecule has 0 saturated carbocycles. The summed E-state index contributed by atoms with van der Waals surface area (Å²) in [7, 11) is 1.42. The molecule has 2 amide bonds. The minimum absolute atomic E-state index is 0.0371. The molecule has 0 aromatic heterocycles. The van der Waals surface area contributed by atoms with Gasteiger partial charge in [0.05, 0.1) is 28.5 Å². The number of hydrazone groups is 1. The summed E-state index contributed by atoms with van der Waals surface area (Å²) in [6.45, 7) is 0. The minimum Gasteiger partial charge on any atom is -0.503 e. The third kappa shape index (κ3) is 5.47. The number of aromatic hydroxyl groups is 1. The number of hydrogen-bond donors (Lipinski definition) is 3. The predicted molar refractivity (Wildman–Crippen MR) is 103 cm³/mol. The molecule has 0 bridgehead atoms. The van der Waals surface area contributed by atoms with Gasteiger partial charge in [-0.05, 0) is 45.8 Å². The molecule has 0 heterocycles. The summed E-state index contributed by atoms with van der Waals surface area (Å²) in [6, 6.07) is 9.85. The van der Waals surface area contributed by atoms with E-state index in [4.69, 9.17) is 16.3 Å². The van der Waals surface area contributed by atoms with E-state index in [2.05, 4.69) is 31.8 Å². The van der Waals surface area contributed by atoms with Crippen LogP contribution in [0.25, 0.3) is 0 Å². The molecular weight excluding hydrogens is 426 g/mol.